The largest absolute Gasteiger partial charge is 0.507 e. The maximum atomic E-state index is 13.3. The zero-order valence-corrected chi connectivity index (χ0v) is 15.3. The summed E-state index contributed by atoms with van der Waals surface area (Å²) in [6.45, 7) is 1.60. The number of aromatic hydroxyl groups is 1. The van der Waals surface area contributed by atoms with Gasteiger partial charge in [0, 0.05) is 22.6 Å². The van der Waals surface area contributed by atoms with Crippen LogP contribution in [0.2, 0.25) is 0 Å². The average molecular weight is 381 g/mol. The van der Waals surface area contributed by atoms with E-state index in [2.05, 4.69) is 4.99 Å². The highest BCUT2D eigenvalue weighted by atomic mass is 32.2. The van der Waals surface area contributed by atoms with Crippen molar-refractivity contribution in [3.05, 3.63) is 87.7 Å². The highest BCUT2D eigenvalue weighted by Crippen LogP contribution is 2.45. The van der Waals surface area contributed by atoms with Crippen LogP contribution in [-0.4, -0.2) is 10.8 Å². The van der Waals surface area contributed by atoms with Crippen LogP contribution in [0.15, 0.2) is 73.7 Å². The molecule has 0 fully saturated rings. The van der Waals surface area contributed by atoms with E-state index in [4.69, 9.17) is 4.42 Å². The lowest BCUT2D eigenvalue weighted by Gasteiger charge is -2.16. The van der Waals surface area contributed by atoms with Gasteiger partial charge in [-0.1, -0.05) is 24.3 Å². The van der Waals surface area contributed by atoms with Gasteiger partial charge in [-0.05, 0) is 36.8 Å². The van der Waals surface area contributed by atoms with Gasteiger partial charge in [-0.15, -0.1) is 11.8 Å². The van der Waals surface area contributed by atoms with Crippen LogP contribution in [0.1, 0.15) is 28.6 Å². The van der Waals surface area contributed by atoms with Crippen LogP contribution in [0.25, 0.3) is 0 Å². The molecular weight excluding hydrogens is 365 g/mol. The van der Waals surface area contributed by atoms with Crippen molar-refractivity contribution in [3.8, 4) is 5.75 Å². The van der Waals surface area contributed by atoms with E-state index >= 15 is 0 Å². The molecule has 0 amide bonds. The molecule has 0 unspecified atom stereocenters. The third-order valence-electron chi connectivity index (χ3n) is 4.35. The van der Waals surface area contributed by atoms with E-state index < -0.39 is 5.63 Å². The molecule has 3 aromatic rings. The number of thioether (sulfide) groups is 1. The molecule has 1 atom stereocenters. The van der Waals surface area contributed by atoms with Crippen molar-refractivity contribution in [2.24, 2.45) is 4.99 Å². The maximum Gasteiger partial charge on any atom is 0.348 e. The van der Waals surface area contributed by atoms with Crippen molar-refractivity contribution in [2.75, 3.05) is 0 Å². The van der Waals surface area contributed by atoms with E-state index in [0.717, 1.165) is 16.1 Å². The summed E-state index contributed by atoms with van der Waals surface area (Å²) >= 11 is 1.60. The predicted molar refractivity (Wildman–Crippen MR) is 104 cm³/mol. The Morgan fingerprint density at radius 1 is 1.19 bits per heavy atom. The Morgan fingerprint density at radius 3 is 2.67 bits per heavy atom. The van der Waals surface area contributed by atoms with Gasteiger partial charge in [0.15, 0.2) is 0 Å². The molecule has 2 aromatic carbocycles. The molecule has 0 radical (unpaired) electrons. The molecule has 4 rings (SSSR count). The molecule has 1 aromatic heterocycles. The normalized spacial score (nSPS) is 16.4. The van der Waals surface area contributed by atoms with Crippen LogP contribution in [0.4, 0.5) is 10.1 Å². The Balaban J connectivity index is 1.86. The molecule has 4 nitrogen and oxygen atoms in total. The highest BCUT2D eigenvalue weighted by molar-refractivity contribution is 7.99. The summed E-state index contributed by atoms with van der Waals surface area (Å²) in [5.41, 5.74) is 1.55. The van der Waals surface area contributed by atoms with Crippen molar-refractivity contribution < 1.29 is 13.9 Å². The van der Waals surface area contributed by atoms with Gasteiger partial charge in [0.1, 0.15) is 22.9 Å². The van der Waals surface area contributed by atoms with Gasteiger partial charge >= 0.3 is 5.63 Å². The van der Waals surface area contributed by atoms with Crippen molar-refractivity contribution in [1.29, 1.82) is 0 Å². The van der Waals surface area contributed by atoms with Gasteiger partial charge in [-0.3, -0.25) is 4.99 Å². The number of aryl methyl sites for hydroxylation is 1. The molecule has 0 spiro atoms. The summed E-state index contributed by atoms with van der Waals surface area (Å²) in [6.07, 6.45) is 0.395. The topological polar surface area (TPSA) is 62.8 Å². The van der Waals surface area contributed by atoms with Gasteiger partial charge in [0.25, 0.3) is 0 Å². The Bertz CT molecular complexity index is 1090. The highest BCUT2D eigenvalue weighted by Gasteiger charge is 2.26. The van der Waals surface area contributed by atoms with Crippen LogP contribution in [0.3, 0.4) is 0 Å². The smallest absolute Gasteiger partial charge is 0.348 e. The quantitative estimate of drug-likeness (QED) is 0.667. The van der Waals surface area contributed by atoms with Crippen LogP contribution < -0.4 is 5.63 Å². The van der Waals surface area contributed by atoms with Crippen molar-refractivity contribution in [3.63, 3.8) is 0 Å². The van der Waals surface area contributed by atoms with Crippen molar-refractivity contribution >= 4 is 23.2 Å². The summed E-state index contributed by atoms with van der Waals surface area (Å²) in [5.74, 6) is -0.117. The number of hydrogen-bond acceptors (Lipinski definition) is 5. The van der Waals surface area contributed by atoms with Gasteiger partial charge in [0.2, 0.25) is 0 Å². The number of aliphatic imine (C=N–C) groups is 1. The van der Waals surface area contributed by atoms with E-state index in [0.29, 0.717) is 17.9 Å². The first-order chi connectivity index (χ1) is 13.0. The van der Waals surface area contributed by atoms with Crippen LogP contribution >= 0.6 is 11.8 Å². The third-order valence-corrected chi connectivity index (χ3v) is 5.68. The number of halogens is 1. The SMILES string of the molecule is Cc1cc(O)c(C2=Nc3ccccc3S[C@H](c3ccc(F)cc3)C2)c(=O)o1. The molecule has 0 bridgehead atoms. The fourth-order valence-corrected chi connectivity index (χ4v) is 4.33. The summed E-state index contributed by atoms with van der Waals surface area (Å²) in [7, 11) is 0. The Hall–Kier alpha value is -2.86. The lowest BCUT2D eigenvalue weighted by Crippen LogP contribution is -2.17. The van der Waals surface area contributed by atoms with Crippen LogP contribution in [0, 0.1) is 12.7 Å². The zero-order chi connectivity index (χ0) is 19.0. The first kappa shape index (κ1) is 17.5. The fraction of sp³-hybridized carbons (Fsp3) is 0.143. The summed E-state index contributed by atoms with van der Waals surface area (Å²) in [5, 5.41) is 10.3. The Kier molecular flexibility index (Phi) is 4.58. The monoisotopic (exact) mass is 381 g/mol. The fourth-order valence-electron chi connectivity index (χ4n) is 3.09. The van der Waals surface area contributed by atoms with E-state index in [1.165, 1.54) is 18.2 Å². The lowest BCUT2D eigenvalue weighted by atomic mass is 10.0. The molecule has 6 heteroatoms. The van der Waals surface area contributed by atoms with Gasteiger partial charge in [0.05, 0.1) is 11.4 Å². The minimum Gasteiger partial charge on any atom is -0.507 e. The van der Waals surface area contributed by atoms with Crippen LogP contribution in [-0.2, 0) is 0 Å². The van der Waals surface area contributed by atoms with E-state index in [1.54, 1.807) is 30.8 Å². The first-order valence-electron chi connectivity index (χ1n) is 8.44. The summed E-state index contributed by atoms with van der Waals surface area (Å²) < 4.78 is 18.5. The summed E-state index contributed by atoms with van der Waals surface area (Å²) in [4.78, 5) is 18.0. The molecule has 0 saturated heterocycles. The number of rotatable bonds is 2. The molecule has 1 N–H and O–H groups in total. The van der Waals surface area contributed by atoms with E-state index in [9.17, 15) is 14.3 Å². The maximum absolute atomic E-state index is 13.3. The average Bonchev–Trinajstić information content (AvgIpc) is 2.81. The van der Waals surface area contributed by atoms with Gasteiger partial charge in [-0.25, -0.2) is 9.18 Å². The second-order valence-electron chi connectivity index (χ2n) is 6.29. The number of benzene rings is 2. The standard InChI is InChI=1S/C21H16FNO3S/c1-12-10-17(24)20(21(25)26-12)16-11-19(13-6-8-14(22)9-7-13)27-18-5-3-2-4-15(18)23-16/h2-10,19,24H,11H2,1H3/t19-/m0/s1. The van der Waals surface area contributed by atoms with Gasteiger partial charge in [-0.2, -0.15) is 0 Å². The molecule has 136 valence electrons. The molecule has 2 heterocycles. The third kappa shape index (κ3) is 3.53. The minimum atomic E-state index is -0.617. The predicted octanol–water partition coefficient (Wildman–Crippen LogP) is 5.15. The summed E-state index contributed by atoms with van der Waals surface area (Å²) in [6, 6.07) is 15.3. The molecule has 27 heavy (non-hydrogen) atoms. The number of nitrogens with zero attached hydrogens (tertiary/aromatic N) is 1. The van der Waals surface area contributed by atoms with Crippen molar-refractivity contribution in [1.82, 2.24) is 0 Å². The molecule has 0 aliphatic carbocycles. The molecule has 0 saturated carbocycles. The lowest BCUT2D eigenvalue weighted by molar-refractivity contribution is 0.432. The van der Waals surface area contributed by atoms with Crippen LogP contribution in [0.5, 0.6) is 5.75 Å². The Labute approximate surface area is 159 Å². The number of hydrogen-bond donors (Lipinski definition) is 1. The zero-order valence-electron chi connectivity index (χ0n) is 14.5. The Morgan fingerprint density at radius 2 is 1.93 bits per heavy atom. The van der Waals surface area contributed by atoms with E-state index in [1.807, 2.05) is 24.3 Å². The van der Waals surface area contributed by atoms with E-state index in [-0.39, 0.29) is 22.4 Å². The minimum absolute atomic E-state index is 0.0741. The second-order valence-corrected chi connectivity index (χ2v) is 7.54. The van der Waals surface area contributed by atoms with Crippen molar-refractivity contribution in [2.45, 2.75) is 23.5 Å². The second kappa shape index (κ2) is 7.04. The first-order valence-corrected chi connectivity index (χ1v) is 9.32. The molecule has 1 aliphatic rings. The molecule has 1 aliphatic heterocycles. The number of para-hydroxylation sites is 1. The van der Waals surface area contributed by atoms with Gasteiger partial charge < -0.3 is 9.52 Å². The molecular formula is C21H16FNO3S. The number of fused-ring (bicyclic) bond motifs is 1.